The maximum Gasteiger partial charge on any atom is 0.393 e. The third kappa shape index (κ3) is 7.55. The lowest BCUT2D eigenvalue weighted by molar-refractivity contribution is -0.183. The van der Waals surface area contributed by atoms with Crippen LogP contribution in [0.15, 0.2) is 16.9 Å². The molecule has 0 aromatic carbocycles. The SMILES string of the molecule is CC(C)c1nonc1C(=O)N[C@H](c1cnc(/C=C\C(=N)CC2C[C@@H](C(F)(F)F)CNC2=O)[nH]1)C1CCC(F)(F)CC1. The summed E-state index contributed by atoms with van der Waals surface area (Å²) in [6, 6.07) is -0.713. The highest BCUT2D eigenvalue weighted by Gasteiger charge is 2.45. The number of carbonyl (C=O) groups is 2. The zero-order chi connectivity index (χ0) is 29.9. The van der Waals surface area contributed by atoms with E-state index in [4.69, 9.17) is 10.0 Å². The average Bonchev–Trinajstić information content (AvgIpc) is 3.57. The van der Waals surface area contributed by atoms with Crippen LogP contribution in [0.2, 0.25) is 0 Å². The number of imidazole rings is 1. The second-order valence-corrected chi connectivity index (χ2v) is 11.0. The molecule has 0 spiro atoms. The molecule has 41 heavy (non-hydrogen) atoms. The lowest BCUT2D eigenvalue weighted by atomic mass is 9.81. The van der Waals surface area contributed by atoms with E-state index >= 15 is 0 Å². The third-order valence-corrected chi connectivity index (χ3v) is 7.58. The largest absolute Gasteiger partial charge is 0.393 e. The number of H-pyrrole nitrogens is 1. The number of alkyl halides is 5. The Labute approximate surface area is 232 Å². The molecule has 4 rings (SSSR count). The number of piperidine rings is 1. The van der Waals surface area contributed by atoms with Gasteiger partial charge < -0.3 is 21.0 Å². The van der Waals surface area contributed by atoms with E-state index in [9.17, 15) is 31.5 Å². The topological polar surface area (TPSA) is 150 Å². The van der Waals surface area contributed by atoms with Crippen LogP contribution in [0, 0.1) is 23.2 Å². The predicted octanol–water partition coefficient (Wildman–Crippen LogP) is 4.95. The van der Waals surface area contributed by atoms with E-state index in [-0.39, 0.29) is 61.2 Å². The molecule has 1 saturated heterocycles. The molecule has 3 heterocycles. The van der Waals surface area contributed by atoms with Crippen LogP contribution in [-0.4, -0.2) is 56.5 Å². The van der Waals surface area contributed by atoms with Gasteiger partial charge in [-0.2, -0.15) is 13.2 Å². The minimum atomic E-state index is -4.44. The molecule has 0 bridgehead atoms. The van der Waals surface area contributed by atoms with Crippen LogP contribution in [0.1, 0.15) is 92.0 Å². The molecule has 2 aromatic rings. The van der Waals surface area contributed by atoms with Crippen molar-refractivity contribution >= 4 is 23.6 Å². The van der Waals surface area contributed by atoms with Gasteiger partial charge in [0, 0.05) is 43.4 Å². The minimum absolute atomic E-state index is 0.00117. The van der Waals surface area contributed by atoms with Gasteiger partial charge in [0.05, 0.1) is 23.9 Å². The highest BCUT2D eigenvalue weighted by atomic mass is 19.4. The summed E-state index contributed by atoms with van der Waals surface area (Å²) in [6.07, 6.45) is -1.13. The second kappa shape index (κ2) is 12.1. The fraction of sp³-hybridized carbons (Fsp3) is 0.615. The Morgan fingerprint density at radius 1 is 1.27 bits per heavy atom. The number of nitrogens with one attached hydrogen (secondary N) is 4. The molecule has 1 aliphatic heterocycles. The second-order valence-electron chi connectivity index (χ2n) is 11.0. The predicted molar refractivity (Wildman–Crippen MR) is 136 cm³/mol. The summed E-state index contributed by atoms with van der Waals surface area (Å²) in [5, 5.41) is 20.8. The lowest BCUT2D eigenvalue weighted by Gasteiger charge is -2.33. The van der Waals surface area contributed by atoms with Crippen LogP contribution in [0.25, 0.3) is 6.08 Å². The quantitative estimate of drug-likeness (QED) is 0.242. The Morgan fingerprint density at radius 2 is 1.98 bits per heavy atom. The molecule has 1 saturated carbocycles. The summed E-state index contributed by atoms with van der Waals surface area (Å²) in [5.74, 6) is -6.72. The summed E-state index contributed by atoms with van der Waals surface area (Å²) in [5.41, 5.74) is 0.738. The molecule has 2 aliphatic rings. The molecule has 4 N–H and O–H groups in total. The lowest BCUT2D eigenvalue weighted by Crippen LogP contribution is -2.46. The van der Waals surface area contributed by atoms with Crippen LogP contribution in [-0.2, 0) is 4.79 Å². The van der Waals surface area contributed by atoms with Gasteiger partial charge in [-0.3, -0.25) is 9.59 Å². The monoisotopic (exact) mass is 585 g/mol. The van der Waals surface area contributed by atoms with Crippen molar-refractivity contribution in [3.05, 3.63) is 35.2 Å². The van der Waals surface area contributed by atoms with Crippen molar-refractivity contribution < 1.29 is 36.2 Å². The van der Waals surface area contributed by atoms with Gasteiger partial charge in [0.1, 0.15) is 11.5 Å². The summed E-state index contributed by atoms with van der Waals surface area (Å²) in [6.45, 7) is 3.16. The maximum atomic E-state index is 13.9. The Kier molecular flexibility index (Phi) is 8.92. The number of nitrogens with zero attached hydrogens (tertiary/aromatic N) is 3. The first kappa shape index (κ1) is 30.3. The van der Waals surface area contributed by atoms with Gasteiger partial charge >= 0.3 is 6.18 Å². The number of halogens is 5. The highest BCUT2D eigenvalue weighted by Crippen LogP contribution is 2.41. The standard InChI is InChI=1S/C26H32F5N7O3/c1-13(2)20-22(38-41-37-20)24(40)36-21(14-5-7-25(27,28)8-6-14)18-12-33-19(35-18)4-3-17(32)10-15-9-16(26(29,30)31)11-34-23(15)39/h3-4,12-16,21,32H,5-11H2,1-2H3,(H,33,35)(H,34,39)(H,36,40)/b4-3-,32-17?/t15?,16-,21+/m1/s1. The maximum absolute atomic E-state index is 13.9. The highest BCUT2D eigenvalue weighted by molar-refractivity contribution is 5.98. The van der Waals surface area contributed by atoms with E-state index in [1.54, 1.807) is 0 Å². The van der Waals surface area contributed by atoms with Crippen LogP contribution in [0.5, 0.6) is 0 Å². The van der Waals surface area contributed by atoms with Crippen LogP contribution < -0.4 is 10.6 Å². The van der Waals surface area contributed by atoms with Gasteiger partial charge in [-0.05, 0) is 42.5 Å². The van der Waals surface area contributed by atoms with Crippen molar-refractivity contribution in [1.82, 2.24) is 30.9 Å². The zero-order valence-electron chi connectivity index (χ0n) is 22.5. The van der Waals surface area contributed by atoms with Gasteiger partial charge in [-0.15, -0.1) is 0 Å². The molecule has 224 valence electrons. The first-order valence-electron chi connectivity index (χ1n) is 13.4. The molecule has 15 heteroatoms. The van der Waals surface area contributed by atoms with E-state index < -0.39 is 54.8 Å². The van der Waals surface area contributed by atoms with E-state index in [0.29, 0.717) is 11.4 Å². The Bertz CT molecular complexity index is 1280. The normalized spacial score (nSPS) is 22.6. The number of hydrogen-bond donors (Lipinski definition) is 4. The van der Waals surface area contributed by atoms with Gasteiger partial charge in [0.25, 0.3) is 5.91 Å². The van der Waals surface area contributed by atoms with Crippen molar-refractivity contribution in [3.63, 3.8) is 0 Å². The fourth-order valence-corrected chi connectivity index (χ4v) is 5.22. The summed E-state index contributed by atoms with van der Waals surface area (Å²) in [4.78, 5) is 32.4. The Balaban J connectivity index is 1.46. The number of amides is 2. The summed E-state index contributed by atoms with van der Waals surface area (Å²) < 4.78 is 71.8. The minimum Gasteiger partial charge on any atom is -0.355 e. The number of aromatic nitrogens is 4. The molecule has 0 radical (unpaired) electrons. The van der Waals surface area contributed by atoms with Crippen molar-refractivity contribution in [2.45, 2.75) is 76.4 Å². The molecular weight excluding hydrogens is 553 g/mol. The van der Waals surface area contributed by atoms with E-state index in [1.807, 2.05) is 13.8 Å². The molecule has 2 fully saturated rings. The number of aromatic amines is 1. The number of hydrogen-bond acceptors (Lipinski definition) is 7. The zero-order valence-corrected chi connectivity index (χ0v) is 22.5. The van der Waals surface area contributed by atoms with Gasteiger partial charge in [-0.1, -0.05) is 19.0 Å². The Hall–Kier alpha value is -3.65. The molecular formula is C26H32F5N7O3. The van der Waals surface area contributed by atoms with Crippen LogP contribution >= 0.6 is 0 Å². The summed E-state index contributed by atoms with van der Waals surface area (Å²) in [7, 11) is 0. The van der Waals surface area contributed by atoms with Crippen molar-refractivity contribution in [1.29, 1.82) is 5.41 Å². The van der Waals surface area contributed by atoms with E-state index in [0.717, 1.165) is 0 Å². The van der Waals surface area contributed by atoms with Gasteiger partial charge in [0.2, 0.25) is 11.8 Å². The smallest absolute Gasteiger partial charge is 0.355 e. The van der Waals surface area contributed by atoms with E-state index in [1.165, 1.54) is 18.3 Å². The third-order valence-electron chi connectivity index (χ3n) is 7.58. The Morgan fingerprint density at radius 3 is 2.63 bits per heavy atom. The van der Waals surface area contributed by atoms with Gasteiger partial charge in [0.15, 0.2) is 5.69 Å². The van der Waals surface area contributed by atoms with E-state index in [2.05, 4.69) is 30.9 Å². The number of rotatable bonds is 9. The van der Waals surface area contributed by atoms with Crippen LogP contribution in [0.4, 0.5) is 22.0 Å². The molecule has 1 unspecified atom stereocenters. The molecule has 3 atom stereocenters. The average molecular weight is 586 g/mol. The first-order valence-corrected chi connectivity index (χ1v) is 13.4. The van der Waals surface area contributed by atoms with Crippen molar-refractivity contribution in [2.75, 3.05) is 6.54 Å². The number of allylic oxidation sites excluding steroid dienone is 1. The molecule has 2 aromatic heterocycles. The van der Waals surface area contributed by atoms with Crippen molar-refractivity contribution in [3.8, 4) is 0 Å². The fourth-order valence-electron chi connectivity index (χ4n) is 5.22. The van der Waals surface area contributed by atoms with Crippen molar-refractivity contribution in [2.24, 2.45) is 17.8 Å². The molecule has 1 aliphatic carbocycles. The first-order chi connectivity index (χ1) is 19.2. The summed E-state index contributed by atoms with van der Waals surface area (Å²) >= 11 is 0. The van der Waals surface area contributed by atoms with Gasteiger partial charge in [-0.25, -0.2) is 18.4 Å². The molecule has 10 nitrogen and oxygen atoms in total. The molecule has 2 amide bonds. The number of carbonyl (C=O) groups excluding carboxylic acids is 2. The van der Waals surface area contributed by atoms with Crippen LogP contribution in [0.3, 0.4) is 0 Å².